The van der Waals surface area contributed by atoms with Crippen molar-refractivity contribution in [3.8, 4) is 0 Å². The quantitative estimate of drug-likeness (QED) is 0.748. The highest BCUT2D eigenvalue weighted by molar-refractivity contribution is 7.98. The lowest BCUT2D eigenvalue weighted by Gasteiger charge is -2.30. The van der Waals surface area contributed by atoms with Crippen LogP contribution >= 0.6 is 11.8 Å². The van der Waals surface area contributed by atoms with Crippen LogP contribution in [-0.2, 0) is 0 Å². The molecule has 0 aromatic heterocycles. The van der Waals surface area contributed by atoms with E-state index in [0.29, 0.717) is 0 Å². The number of allylic oxidation sites excluding steroid dienone is 2. The van der Waals surface area contributed by atoms with Crippen LogP contribution in [-0.4, -0.2) is 17.8 Å². The fourth-order valence-corrected chi connectivity index (χ4v) is 3.43. The first-order chi connectivity index (χ1) is 12.2. The Morgan fingerprint density at radius 2 is 1.72 bits per heavy atom. The molecule has 4 rings (SSSR count). The molecule has 1 aliphatic heterocycles. The van der Waals surface area contributed by atoms with Gasteiger partial charge in [0.05, 0.1) is 5.70 Å². The number of hydrogen-bond acceptors (Lipinski definition) is 3. The van der Waals surface area contributed by atoms with Crippen molar-refractivity contribution in [1.29, 1.82) is 0 Å². The third-order valence-corrected chi connectivity index (χ3v) is 5.38. The number of halogens is 1. The number of nitrogens with zero attached hydrogens (tertiary/aromatic N) is 1. The van der Waals surface area contributed by atoms with Gasteiger partial charge < -0.3 is 0 Å². The van der Waals surface area contributed by atoms with E-state index in [-0.39, 0.29) is 5.82 Å². The minimum Gasteiger partial charge on any atom is -0.298 e. The van der Waals surface area contributed by atoms with Crippen LogP contribution in [0.4, 0.5) is 4.39 Å². The van der Waals surface area contributed by atoms with E-state index in [0.717, 1.165) is 34.9 Å². The van der Waals surface area contributed by atoms with E-state index in [4.69, 9.17) is 0 Å². The summed E-state index contributed by atoms with van der Waals surface area (Å²) in [6, 6.07) is 15.3. The summed E-state index contributed by atoms with van der Waals surface area (Å²) in [6.45, 7) is 1.03. The Labute approximate surface area is 152 Å². The number of hydrazine groups is 1. The molecule has 0 spiro atoms. The molecule has 128 valence electrons. The van der Waals surface area contributed by atoms with Gasteiger partial charge in [-0.2, -0.15) is 0 Å². The molecule has 1 N–H and O–H groups in total. The summed E-state index contributed by atoms with van der Waals surface area (Å²) in [5, 5.41) is 2.17. The van der Waals surface area contributed by atoms with Crippen LogP contribution in [0.25, 0.3) is 11.3 Å². The van der Waals surface area contributed by atoms with Crippen LogP contribution in [0, 0.1) is 11.7 Å². The molecule has 1 aliphatic carbocycles. The molecule has 1 saturated carbocycles. The Morgan fingerprint density at radius 1 is 1.04 bits per heavy atom. The molecule has 2 aliphatic rings. The van der Waals surface area contributed by atoms with E-state index < -0.39 is 0 Å². The average Bonchev–Trinajstić information content (AvgIpc) is 3.47. The Kier molecular flexibility index (Phi) is 4.53. The maximum absolute atomic E-state index is 13.3. The van der Waals surface area contributed by atoms with Gasteiger partial charge in [0.25, 0.3) is 0 Å². The lowest BCUT2D eigenvalue weighted by atomic mass is 9.98. The lowest BCUT2D eigenvalue weighted by Crippen LogP contribution is -2.36. The van der Waals surface area contributed by atoms with E-state index in [9.17, 15) is 4.39 Å². The topological polar surface area (TPSA) is 15.3 Å². The monoisotopic (exact) mass is 352 g/mol. The summed E-state index contributed by atoms with van der Waals surface area (Å²) in [4.78, 5) is 1.24. The minimum atomic E-state index is -0.210. The molecule has 0 unspecified atom stereocenters. The van der Waals surface area contributed by atoms with Gasteiger partial charge in [-0.1, -0.05) is 24.3 Å². The fraction of sp³-hybridized carbons (Fsp3) is 0.238. The zero-order chi connectivity index (χ0) is 17.2. The van der Waals surface area contributed by atoms with Gasteiger partial charge in [-0.3, -0.25) is 10.4 Å². The van der Waals surface area contributed by atoms with Crippen molar-refractivity contribution in [2.45, 2.75) is 17.7 Å². The molecular weight excluding hydrogens is 331 g/mol. The molecule has 0 radical (unpaired) electrons. The smallest absolute Gasteiger partial charge is 0.123 e. The molecular formula is C21H21FN2S. The molecule has 0 bridgehead atoms. The van der Waals surface area contributed by atoms with Crippen LogP contribution in [0.1, 0.15) is 24.0 Å². The predicted octanol–water partition coefficient (Wildman–Crippen LogP) is 5.16. The summed E-state index contributed by atoms with van der Waals surface area (Å²) in [5.41, 5.74) is 7.88. The number of thioether (sulfide) groups is 1. The molecule has 1 heterocycles. The highest BCUT2D eigenvalue weighted by atomic mass is 32.2. The van der Waals surface area contributed by atoms with Crippen molar-refractivity contribution in [3.05, 3.63) is 77.8 Å². The van der Waals surface area contributed by atoms with Crippen LogP contribution < -0.4 is 5.43 Å². The first-order valence-electron chi connectivity index (χ1n) is 8.59. The first kappa shape index (κ1) is 16.3. The van der Waals surface area contributed by atoms with Gasteiger partial charge in [-0.05, 0) is 60.9 Å². The van der Waals surface area contributed by atoms with Gasteiger partial charge in [0.15, 0.2) is 0 Å². The third-order valence-electron chi connectivity index (χ3n) is 4.63. The molecule has 0 atom stereocenters. The van der Waals surface area contributed by atoms with Crippen molar-refractivity contribution in [1.82, 2.24) is 10.4 Å². The fourth-order valence-electron chi connectivity index (χ4n) is 3.02. The van der Waals surface area contributed by atoms with E-state index in [1.807, 2.05) is 12.1 Å². The SMILES string of the molecule is CSc1ccc(C2=C(c3ccc(F)cc3)C=CN(CC3CC3)N2)cc1. The predicted molar refractivity (Wildman–Crippen MR) is 103 cm³/mol. The molecule has 25 heavy (non-hydrogen) atoms. The van der Waals surface area contributed by atoms with Gasteiger partial charge in [-0.25, -0.2) is 4.39 Å². The van der Waals surface area contributed by atoms with Crippen LogP contribution in [0.2, 0.25) is 0 Å². The van der Waals surface area contributed by atoms with Gasteiger partial charge in [0.2, 0.25) is 0 Å². The first-order valence-corrected chi connectivity index (χ1v) is 9.81. The normalized spacial score (nSPS) is 17.0. The number of benzene rings is 2. The van der Waals surface area contributed by atoms with E-state index in [2.05, 4.69) is 53.2 Å². The highest BCUT2D eigenvalue weighted by Crippen LogP contribution is 2.33. The molecule has 2 aromatic rings. The zero-order valence-corrected chi connectivity index (χ0v) is 15.0. The third kappa shape index (κ3) is 3.74. The summed E-state index contributed by atoms with van der Waals surface area (Å²) in [5.74, 6) is 0.586. The minimum absolute atomic E-state index is 0.210. The molecule has 2 nitrogen and oxygen atoms in total. The summed E-state index contributed by atoms with van der Waals surface area (Å²) >= 11 is 1.74. The van der Waals surface area contributed by atoms with Crippen LogP contribution in [0.5, 0.6) is 0 Å². The Bertz CT molecular complexity index is 805. The van der Waals surface area contributed by atoms with Gasteiger partial charge >= 0.3 is 0 Å². The summed E-state index contributed by atoms with van der Waals surface area (Å²) in [7, 11) is 0. The Hall–Kier alpha value is -2.20. The van der Waals surface area contributed by atoms with Crippen LogP contribution in [0.15, 0.2) is 65.7 Å². The second-order valence-electron chi connectivity index (χ2n) is 6.55. The maximum atomic E-state index is 13.3. The Balaban J connectivity index is 1.71. The van der Waals surface area contributed by atoms with E-state index >= 15 is 0 Å². The van der Waals surface area contributed by atoms with Gasteiger partial charge in [-0.15, -0.1) is 11.8 Å². The lowest BCUT2D eigenvalue weighted by molar-refractivity contribution is 0.309. The molecule has 1 fully saturated rings. The van der Waals surface area contributed by atoms with Crippen molar-refractivity contribution in [3.63, 3.8) is 0 Å². The molecule has 0 amide bonds. The maximum Gasteiger partial charge on any atom is 0.123 e. The van der Waals surface area contributed by atoms with E-state index in [1.54, 1.807) is 11.8 Å². The van der Waals surface area contributed by atoms with Crippen molar-refractivity contribution >= 4 is 23.0 Å². The van der Waals surface area contributed by atoms with Gasteiger partial charge in [0.1, 0.15) is 5.82 Å². The van der Waals surface area contributed by atoms with E-state index in [1.165, 1.54) is 29.9 Å². The molecule has 4 heteroatoms. The highest BCUT2D eigenvalue weighted by Gasteiger charge is 2.25. The number of rotatable bonds is 5. The standard InChI is InChI=1S/C21H21FN2S/c1-25-19-10-6-17(7-11-19)21-20(16-4-8-18(22)9-5-16)12-13-24(23-21)14-15-2-3-15/h4-13,15,23H,2-3,14H2,1H3. The molecule has 0 saturated heterocycles. The van der Waals surface area contributed by atoms with Crippen LogP contribution in [0.3, 0.4) is 0 Å². The zero-order valence-electron chi connectivity index (χ0n) is 14.2. The van der Waals surface area contributed by atoms with Crippen molar-refractivity contribution < 1.29 is 4.39 Å². The average molecular weight is 352 g/mol. The summed E-state index contributed by atoms with van der Waals surface area (Å²) < 4.78 is 13.3. The van der Waals surface area contributed by atoms with Gasteiger partial charge in [0, 0.05) is 28.8 Å². The number of nitrogens with one attached hydrogen (secondary N) is 1. The molecule has 2 aromatic carbocycles. The largest absolute Gasteiger partial charge is 0.298 e. The van der Waals surface area contributed by atoms with Crippen molar-refractivity contribution in [2.24, 2.45) is 5.92 Å². The second kappa shape index (κ2) is 6.96. The summed E-state index contributed by atoms with van der Waals surface area (Å²) in [6.07, 6.45) is 8.94. The Morgan fingerprint density at radius 3 is 2.36 bits per heavy atom. The van der Waals surface area contributed by atoms with Crippen molar-refractivity contribution in [2.75, 3.05) is 12.8 Å². The second-order valence-corrected chi connectivity index (χ2v) is 7.43. The number of hydrogen-bond donors (Lipinski definition) is 1.